The molecule has 0 aliphatic rings. The van der Waals surface area contributed by atoms with E-state index in [0.29, 0.717) is 22.4 Å². The number of aryl methyl sites for hydroxylation is 1. The molecule has 0 aliphatic carbocycles. The molecule has 1 aromatic heterocycles. The second-order valence-corrected chi connectivity index (χ2v) is 6.51. The maximum absolute atomic E-state index is 6.13. The molecule has 0 spiro atoms. The molecule has 0 atom stereocenters. The lowest BCUT2D eigenvalue weighted by molar-refractivity contribution is 0.416. The quantitative estimate of drug-likeness (QED) is 0.613. The highest BCUT2D eigenvalue weighted by atomic mass is 79.9. The van der Waals surface area contributed by atoms with E-state index >= 15 is 0 Å². The van der Waals surface area contributed by atoms with E-state index in [1.165, 1.54) is 0 Å². The van der Waals surface area contributed by atoms with Gasteiger partial charge in [-0.05, 0) is 49.4 Å². The second kappa shape index (κ2) is 7.20. The van der Waals surface area contributed by atoms with Crippen molar-refractivity contribution in [2.75, 3.05) is 12.4 Å². The molecular formula is C18H15BrClN3O. The van der Waals surface area contributed by atoms with E-state index in [1.54, 1.807) is 13.2 Å². The van der Waals surface area contributed by atoms with Gasteiger partial charge >= 0.3 is 0 Å². The molecule has 0 unspecified atom stereocenters. The van der Waals surface area contributed by atoms with Crippen LogP contribution in [-0.4, -0.2) is 17.1 Å². The lowest BCUT2D eigenvalue weighted by Gasteiger charge is -2.12. The van der Waals surface area contributed by atoms with Gasteiger partial charge in [-0.15, -0.1) is 0 Å². The number of halogens is 2. The van der Waals surface area contributed by atoms with Crippen LogP contribution in [0.2, 0.25) is 5.02 Å². The summed E-state index contributed by atoms with van der Waals surface area (Å²) in [5.41, 5.74) is 2.52. The fourth-order valence-corrected chi connectivity index (χ4v) is 2.77. The summed E-state index contributed by atoms with van der Waals surface area (Å²) in [7, 11) is 1.63. The first-order chi connectivity index (χ1) is 11.5. The SMILES string of the molecule is COc1ccc(Cl)cc1-c1cc(Nc2ccc(Br)cc2)nc(C)n1. The van der Waals surface area contributed by atoms with Crippen LogP contribution in [0, 0.1) is 6.92 Å². The van der Waals surface area contributed by atoms with E-state index in [-0.39, 0.29) is 0 Å². The molecule has 3 rings (SSSR count). The van der Waals surface area contributed by atoms with Crippen molar-refractivity contribution in [2.24, 2.45) is 0 Å². The number of nitrogens with zero attached hydrogens (tertiary/aromatic N) is 2. The number of nitrogens with one attached hydrogen (secondary N) is 1. The van der Waals surface area contributed by atoms with Crippen LogP contribution in [0.4, 0.5) is 11.5 Å². The van der Waals surface area contributed by atoms with Crippen LogP contribution in [0.3, 0.4) is 0 Å². The van der Waals surface area contributed by atoms with Crippen LogP contribution in [0.5, 0.6) is 5.75 Å². The van der Waals surface area contributed by atoms with Gasteiger partial charge in [-0.25, -0.2) is 9.97 Å². The Balaban J connectivity index is 2.00. The van der Waals surface area contributed by atoms with E-state index in [2.05, 4.69) is 31.2 Å². The number of methoxy groups -OCH3 is 1. The molecular weight excluding hydrogens is 390 g/mol. The summed E-state index contributed by atoms with van der Waals surface area (Å²) in [5, 5.41) is 3.92. The molecule has 0 saturated carbocycles. The summed E-state index contributed by atoms with van der Waals surface area (Å²) >= 11 is 9.56. The molecule has 0 radical (unpaired) electrons. The van der Waals surface area contributed by atoms with Gasteiger partial charge in [-0.3, -0.25) is 0 Å². The van der Waals surface area contributed by atoms with Gasteiger partial charge in [0, 0.05) is 26.8 Å². The minimum absolute atomic E-state index is 0.629. The standard InChI is InChI=1S/C18H15BrClN3O/c1-11-21-16(15-9-13(20)5-8-17(15)24-2)10-18(22-11)23-14-6-3-12(19)4-7-14/h3-10H,1-2H3,(H,21,22,23). The second-order valence-electron chi connectivity index (χ2n) is 5.16. The van der Waals surface area contributed by atoms with E-state index in [1.807, 2.05) is 49.4 Å². The zero-order chi connectivity index (χ0) is 17.1. The van der Waals surface area contributed by atoms with Crippen LogP contribution in [0.25, 0.3) is 11.3 Å². The maximum Gasteiger partial charge on any atom is 0.134 e. The lowest BCUT2D eigenvalue weighted by Crippen LogP contribution is -1.99. The fourth-order valence-electron chi connectivity index (χ4n) is 2.33. The van der Waals surface area contributed by atoms with Gasteiger partial charge in [0.1, 0.15) is 17.4 Å². The Morgan fingerprint density at radius 1 is 1.04 bits per heavy atom. The maximum atomic E-state index is 6.13. The van der Waals surface area contributed by atoms with E-state index in [4.69, 9.17) is 16.3 Å². The molecule has 122 valence electrons. The summed E-state index contributed by atoms with van der Waals surface area (Å²) in [5.74, 6) is 2.09. The topological polar surface area (TPSA) is 47.0 Å². The smallest absolute Gasteiger partial charge is 0.134 e. The normalized spacial score (nSPS) is 10.5. The van der Waals surface area contributed by atoms with E-state index in [9.17, 15) is 0 Å². The van der Waals surface area contributed by atoms with Crippen molar-refractivity contribution in [1.82, 2.24) is 9.97 Å². The van der Waals surface area contributed by atoms with Crippen molar-refractivity contribution in [1.29, 1.82) is 0 Å². The summed E-state index contributed by atoms with van der Waals surface area (Å²) in [6, 6.07) is 15.2. The molecule has 0 bridgehead atoms. The number of rotatable bonds is 4. The first kappa shape index (κ1) is 16.7. The molecule has 1 heterocycles. The molecule has 0 amide bonds. The Bertz CT molecular complexity index is 869. The molecule has 0 fully saturated rings. The minimum atomic E-state index is 0.629. The predicted molar refractivity (Wildman–Crippen MR) is 101 cm³/mol. The number of hydrogen-bond acceptors (Lipinski definition) is 4. The highest BCUT2D eigenvalue weighted by Gasteiger charge is 2.11. The van der Waals surface area contributed by atoms with Crippen LogP contribution >= 0.6 is 27.5 Å². The highest BCUT2D eigenvalue weighted by molar-refractivity contribution is 9.10. The summed E-state index contributed by atoms with van der Waals surface area (Å²) < 4.78 is 6.45. The van der Waals surface area contributed by atoms with Crippen LogP contribution in [0.15, 0.2) is 53.0 Å². The molecule has 3 aromatic rings. The number of aromatic nitrogens is 2. The van der Waals surface area contributed by atoms with E-state index in [0.717, 1.165) is 21.4 Å². The Hall–Kier alpha value is -2.11. The van der Waals surface area contributed by atoms with Crippen molar-refractivity contribution in [2.45, 2.75) is 6.92 Å². The molecule has 0 saturated heterocycles. The molecule has 24 heavy (non-hydrogen) atoms. The largest absolute Gasteiger partial charge is 0.496 e. The van der Waals surface area contributed by atoms with Crippen molar-refractivity contribution in [3.63, 3.8) is 0 Å². The average molecular weight is 405 g/mol. The van der Waals surface area contributed by atoms with Gasteiger partial charge < -0.3 is 10.1 Å². The summed E-state index contributed by atoms with van der Waals surface area (Å²) in [4.78, 5) is 8.96. The zero-order valence-corrected chi connectivity index (χ0v) is 15.5. The van der Waals surface area contributed by atoms with Crippen LogP contribution in [0.1, 0.15) is 5.82 Å². The third-order valence-electron chi connectivity index (χ3n) is 3.39. The Morgan fingerprint density at radius 2 is 1.79 bits per heavy atom. The summed E-state index contributed by atoms with van der Waals surface area (Å²) in [6.45, 7) is 1.85. The fraction of sp³-hybridized carbons (Fsp3) is 0.111. The molecule has 4 nitrogen and oxygen atoms in total. The number of ether oxygens (including phenoxy) is 1. The van der Waals surface area contributed by atoms with Gasteiger partial charge in [-0.2, -0.15) is 0 Å². The van der Waals surface area contributed by atoms with Crippen molar-refractivity contribution in [3.05, 3.63) is 63.9 Å². The van der Waals surface area contributed by atoms with Gasteiger partial charge in [0.2, 0.25) is 0 Å². The lowest BCUT2D eigenvalue weighted by atomic mass is 10.1. The van der Waals surface area contributed by atoms with Crippen molar-refractivity contribution < 1.29 is 4.74 Å². The average Bonchev–Trinajstić information content (AvgIpc) is 2.56. The number of anilines is 2. The summed E-state index contributed by atoms with van der Waals surface area (Å²) in [6.07, 6.45) is 0. The minimum Gasteiger partial charge on any atom is -0.496 e. The Kier molecular flexibility index (Phi) is 5.02. The Labute approximate surface area is 154 Å². The molecule has 0 aliphatic heterocycles. The molecule has 6 heteroatoms. The van der Waals surface area contributed by atoms with Crippen molar-refractivity contribution in [3.8, 4) is 17.0 Å². The Morgan fingerprint density at radius 3 is 2.50 bits per heavy atom. The van der Waals surface area contributed by atoms with Gasteiger partial charge in [0.05, 0.1) is 12.8 Å². The number of benzene rings is 2. The molecule has 1 N–H and O–H groups in total. The van der Waals surface area contributed by atoms with Gasteiger partial charge in [0.15, 0.2) is 0 Å². The molecule has 2 aromatic carbocycles. The van der Waals surface area contributed by atoms with Gasteiger partial charge in [-0.1, -0.05) is 27.5 Å². The van der Waals surface area contributed by atoms with Gasteiger partial charge in [0.25, 0.3) is 0 Å². The van der Waals surface area contributed by atoms with Crippen molar-refractivity contribution >= 4 is 39.0 Å². The third-order valence-corrected chi connectivity index (χ3v) is 4.16. The highest BCUT2D eigenvalue weighted by Crippen LogP contribution is 2.32. The van der Waals surface area contributed by atoms with Crippen LogP contribution < -0.4 is 10.1 Å². The number of hydrogen-bond donors (Lipinski definition) is 1. The first-order valence-electron chi connectivity index (χ1n) is 7.27. The predicted octanol–water partition coefficient (Wildman–Crippen LogP) is 5.62. The zero-order valence-electron chi connectivity index (χ0n) is 13.2. The first-order valence-corrected chi connectivity index (χ1v) is 8.44. The monoisotopic (exact) mass is 403 g/mol. The third kappa shape index (κ3) is 3.86. The van der Waals surface area contributed by atoms with Crippen LogP contribution in [-0.2, 0) is 0 Å². The van der Waals surface area contributed by atoms with E-state index < -0.39 is 0 Å².